The van der Waals surface area contributed by atoms with Crippen molar-refractivity contribution in [3.63, 3.8) is 0 Å². The van der Waals surface area contributed by atoms with E-state index in [1.165, 1.54) is 0 Å². The fraction of sp³-hybridized carbons (Fsp3) is 0.429. The third-order valence-electron chi connectivity index (χ3n) is 6.63. The molecule has 38 heavy (non-hydrogen) atoms. The van der Waals surface area contributed by atoms with Crippen LogP contribution in [0.3, 0.4) is 0 Å². The number of nitrogens with zero attached hydrogens (tertiary/aromatic N) is 6. The number of likely N-dealkylation sites (N-methyl/N-ethyl adjacent to an activating group) is 1. The number of aromatic amines is 1. The minimum Gasteiger partial charge on any atom is -0.473 e. The van der Waals surface area contributed by atoms with Gasteiger partial charge in [0.1, 0.15) is 6.10 Å². The molecule has 2 bridgehead atoms. The van der Waals surface area contributed by atoms with Crippen LogP contribution in [0.25, 0.3) is 34.2 Å². The first kappa shape index (κ1) is 25.7. The van der Waals surface area contributed by atoms with Crippen LogP contribution in [0, 0.1) is 0 Å². The Morgan fingerprint density at radius 3 is 2.84 bits per heavy atom. The Labute approximate surface area is 222 Å². The van der Waals surface area contributed by atoms with Gasteiger partial charge in [0.25, 0.3) is 0 Å². The molecule has 3 aromatic heterocycles. The van der Waals surface area contributed by atoms with Crippen LogP contribution in [0.5, 0.6) is 11.8 Å². The van der Waals surface area contributed by atoms with Gasteiger partial charge >= 0.3 is 0 Å². The first-order valence-electron chi connectivity index (χ1n) is 13.1. The highest BCUT2D eigenvalue weighted by molar-refractivity contribution is 5.93. The maximum atomic E-state index is 12.2. The number of H-pyrrole nitrogens is 1. The van der Waals surface area contributed by atoms with Crippen LogP contribution in [-0.2, 0) is 24.9 Å². The molecular weight excluding hydrogens is 482 g/mol. The zero-order valence-corrected chi connectivity index (χ0v) is 22.9. The van der Waals surface area contributed by atoms with Crippen molar-refractivity contribution in [1.29, 1.82) is 0 Å². The molecule has 10 nitrogen and oxygen atoms in total. The number of fused-ring (bicyclic) bond motifs is 4. The first-order valence-corrected chi connectivity index (χ1v) is 13.1. The Balaban J connectivity index is 1.71. The molecule has 1 N–H and O–H groups in total. The Morgan fingerprint density at radius 1 is 1.29 bits per heavy atom. The van der Waals surface area contributed by atoms with E-state index in [4.69, 9.17) is 14.6 Å². The number of carbonyl (C=O) groups excluding carboxylic acids is 1. The lowest BCUT2D eigenvalue weighted by Gasteiger charge is -2.25. The van der Waals surface area contributed by atoms with Crippen molar-refractivity contribution in [3.05, 3.63) is 41.3 Å². The number of aryl methyl sites for hydroxylation is 1. The van der Waals surface area contributed by atoms with E-state index in [0.717, 1.165) is 51.4 Å². The molecule has 1 aromatic carbocycles. The largest absolute Gasteiger partial charge is 0.473 e. The number of rotatable bonds is 5. The van der Waals surface area contributed by atoms with E-state index in [1.54, 1.807) is 16.3 Å². The number of hydrogen-bond donors (Lipinski definition) is 1. The van der Waals surface area contributed by atoms with Crippen molar-refractivity contribution >= 4 is 28.8 Å². The van der Waals surface area contributed by atoms with Crippen LogP contribution < -0.4 is 9.47 Å². The van der Waals surface area contributed by atoms with E-state index in [-0.39, 0.29) is 24.5 Å². The molecule has 0 saturated carbocycles. The molecular formula is C28H35N7O3. The third kappa shape index (κ3) is 5.08. The van der Waals surface area contributed by atoms with Gasteiger partial charge in [-0.3, -0.25) is 19.5 Å². The lowest BCUT2D eigenvalue weighted by Crippen LogP contribution is -2.35. The molecule has 10 heteroatoms. The predicted molar refractivity (Wildman–Crippen MR) is 147 cm³/mol. The number of ketones is 1. The van der Waals surface area contributed by atoms with Gasteiger partial charge in [-0.1, -0.05) is 13.0 Å². The van der Waals surface area contributed by atoms with E-state index in [1.807, 2.05) is 51.4 Å². The number of ether oxygens (including phenoxy) is 2. The lowest BCUT2D eigenvalue weighted by atomic mass is 10.1. The van der Waals surface area contributed by atoms with Gasteiger partial charge in [-0.2, -0.15) is 10.2 Å². The van der Waals surface area contributed by atoms with Gasteiger partial charge in [0.15, 0.2) is 5.78 Å². The van der Waals surface area contributed by atoms with E-state index in [9.17, 15) is 4.79 Å². The Hall–Kier alpha value is -3.92. The minimum absolute atomic E-state index is 0.0295. The van der Waals surface area contributed by atoms with Gasteiger partial charge < -0.3 is 9.47 Å². The number of aromatic nitrogens is 6. The standard InChI is InChI=1S/C28H35N7O3/c1-7-34-15-19(5)38-28-23(13-29-33(28)6)20-8-10-24-22(12-20)25(31-30-24)11-9-21-26(16-34)35(14-18(4)36)32-27(21)37-17(2)3/h8-13,17,19H,7,14-16H2,1-6H3,(H,30,31)/b11-9+/t19-/m0/s1. The molecule has 0 aliphatic carbocycles. The molecule has 1 aliphatic rings. The highest BCUT2D eigenvalue weighted by Crippen LogP contribution is 2.34. The summed E-state index contributed by atoms with van der Waals surface area (Å²) >= 11 is 0. The van der Waals surface area contributed by atoms with Crippen molar-refractivity contribution in [2.75, 3.05) is 13.1 Å². The zero-order chi connectivity index (χ0) is 27.0. The van der Waals surface area contributed by atoms with Crippen molar-refractivity contribution < 1.29 is 14.3 Å². The van der Waals surface area contributed by atoms with Crippen LogP contribution in [0.2, 0.25) is 0 Å². The van der Waals surface area contributed by atoms with Crippen LogP contribution in [-0.4, -0.2) is 65.7 Å². The molecule has 1 aliphatic heterocycles. The summed E-state index contributed by atoms with van der Waals surface area (Å²) in [5.41, 5.74) is 5.44. The second kappa shape index (κ2) is 10.4. The summed E-state index contributed by atoms with van der Waals surface area (Å²) in [5, 5.41) is 17.9. The summed E-state index contributed by atoms with van der Waals surface area (Å²) in [7, 11) is 1.89. The summed E-state index contributed by atoms with van der Waals surface area (Å²) < 4.78 is 16.2. The first-order chi connectivity index (χ1) is 18.2. The van der Waals surface area contributed by atoms with Gasteiger partial charge in [-0.05, 0) is 64.1 Å². The van der Waals surface area contributed by atoms with Gasteiger partial charge in [0.2, 0.25) is 11.8 Å². The van der Waals surface area contributed by atoms with Gasteiger partial charge in [-0.25, -0.2) is 4.68 Å². The molecule has 4 heterocycles. The maximum absolute atomic E-state index is 12.2. The number of Topliss-reactive ketones (excluding diaryl/α,β-unsaturated/α-hetero) is 1. The maximum Gasteiger partial charge on any atom is 0.240 e. The fourth-order valence-corrected chi connectivity index (χ4v) is 4.84. The Morgan fingerprint density at radius 2 is 2.11 bits per heavy atom. The van der Waals surface area contributed by atoms with E-state index < -0.39 is 0 Å². The Kier molecular flexibility index (Phi) is 7.07. The normalized spacial score (nSPS) is 17.1. The number of nitrogens with one attached hydrogen (secondary N) is 1. The molecule has 0 unspecified atom stereocenters. The highest BCUT2D eigenvalue weighted by Gasteiger charge is 2.24. The molecule has 0 fully saturated rings. The van der Waals surface area contributed by atoms with E-state index in [0.29, 0.717) is 19.0 Å². The monoisotopic (exact) mass is 517 g/mol. The summed E-state index contributed by atoms with van der Waals surface area (Å²) in [6.45, 7) is 11.9. The predicted octanol–water partition coefficient (Wildman–Crippen LogP) is 4.31. The van der Waals surface area contributed by atoms with Gasteiger partial charge in [-0.15, -0.1) is 5.10 Å². The van der Waals surface area contributed by atoms with Crippen LogP contribution >= 0.6 is 0 Å². The molecule has 1 atom stereocenters. The van der Waals surface area contributed by atoms with Gasteiger partial charge in [0.05, 0.1) is 46.9 Å². The highest BCUT2D eigenvalue weighted by atomic mass is 16.5. The molecule has 5 rings (SSSR count). The summed E-state index contributed by atoms with van der Waals surface area (Å²) in [4.78, 5) is 14.5. The van der Waals surface area contributed by atoms with Crippen molar-refractivity contribution in [3.8, 4) is 22.9 Å². The second-order valence-corrected chi connectivity index (χ2v) is 10.1. The van der Waals surface area contributed by atoms with Crippen molar-refractivity contribution in [1.82, 2.24) is 34.7 Å². The van der Waals surface area contributed by atoms with Gasteiger partial charge in [0, 0.05) is 25.5 Å². The number of benzene rings is 1. The molecule has 0 saturated heterocycles. The average Bonchev–Trinajstić information content (AvgIpc) is 3.52. The van der Waals surface area contributed by atoms with E-state index >= 15 is 0 Å². The summed E-state index contributed by atoms with van der Waals surface area (Å²) in [6.07, 6.45) is 5.68. The quantitative estimate of drug-likeness (QED) is 0.421. The van der Waals surface area contributed by atoms with Crippen LogP contribution in [0.1, 0.15) is 51.6 Å². The molecule has 0 radical (unpaired) electrons. The lowest BCUT2D eigenvalue weighted by molar-refractivity contribution is -0.117. The average molecular weight is 518 g/mol. The third-order valence-corrected chi connectivity index (χ3v) is 6.63. The Bertz CT molecular complexity index is 1490. The van der Waals surface area contributed by atoms with E-state index in [2.05, 4.69) is 40.1 Å². The number of carbonyl (C=O) groups is 1. The fourth-order valence-electron chi connectivity index (χ4n) is 4.84. The second-order valence-electron chi connectivity index (χ2n) is 10.1. The zero-order valence-electron chi connectivity index (χ0n) is 22.9. The minimum atomic E-state index is -0.114. The van der Waals surface area contributed by atoms with Crippen molar-refractivity contribution in [2.45, 2.75) is 59.9 Å². The molecule has 200 valence electrons. The topological polar surface area (TPSA) is 103 Å². The smallest absolute Gasteiger partial charge is 0.240 e. The van der Waals surface area contributed by atoms with Crippen molar-refractivity contribution in [2.24, 2.45) is 7.05 Å². The summed E-state index contributed by atoms with van der Waals surface area (Å²) in [5.74, 6) is 1.26. The number of hydrogen-bond acceptors (Lipinski definition) is 7. The van der Waals surface area contributed by atoms with Crippen LogP contribution in [0.4, 0.5) is 0 Å². The molecule has 0 amide bonds. The van der Waals surface area contributed by atoms with Crippen LogP contribution in [0.15, 0.2) is 24.4 Å². The summed E-state index contributed by atoms with van der Waals surface area (Å²) in [6, 6.07) is 6.15. The molecule has 0 spiro atoms. The SMILES string of the molecule is CCN1Cc2c(c(OC(C)C)nn2CC(C)=O)/C=C/c2[nH]nc3ccc(cc23)-c2cnn(C)c2O[C@@H](C)C1. The molecule has 4 aromatic rings.